The highest BCUT2D eigenvalue weighted by Gasteiger charge is 2.20. The van der Waals surface area contributed by atoms with Crippen LogP contribution in [-0.2, 0) is 9.53 Å². The highest BCUT2D eigenvalue weighted by Crippen LogP contribution is 2.16. The first-order valence-electron chi connectivity index (χ1n) is 6.82. The lowest BCUT2D eigenvalue weighted by Crippen LogP contribution is -2.33. The molecule has 0 saturated carbocycles. The van der Waals surface area contributed by atoms with E-state index in [-0.39, 0.29) is 5.91 Å². The van der Waals surface area contributed by atoms with E-state index in [0.29, 0.717) is 0 Å². The Balaban J connectivity index is 1.95. The number of nitrogens with one attached hydrogen (secondary N) is 1. The fourth-order valence-electron chi connectivity index (χ4n) is 2.20. The molecule has 1 N–H and O–H groups in total. The Bertz CT molecular complexity index is 463. The van der Waals surface area contributed by atoms with Gasteiger partial charge in [-0.25, -0.2) is 5.43 Å². The minimum atomic E-state index is -0.619. The molecule has 5 nitrogen and oxygen atoms in total. The van der Waals surface area contributed by atoms with Crippen molar-refractivity contribution in [3.05, 3.63) is 35.9 Å². The summed E-state index contributed by atoms with van der Waals surface area (Å²) in [7, 11) is 3.62. The topological polar surface area (TPSA) is 53.9 Å². The highest BCUT2D eigenvalue weighted by atomic mass is 16.5. The van der Waals surface area contributed by atoms with E-state index < -0.39 is 6.10 Å². The smallest absolute Gasteiger partial charge is 0.273 e. The average molecular weight is 275 g/mol. The van der Waals surface area contributed by atoms with Crippen LogP contribution in [0.2, 0.25) is 0 Å². The summed E-state index contributed by atoms with van der Waals surface area (Å²) >= 11 is 0. The molecule has 0 spiro atoms. The number of methoxy groups -OCH3 is 1. The largest absolute Gasteiger partial charge is 0.367 e. The summed E-state index contributed by atoms with van der Waals surface area (Å²) in [6.45, 7) is 1.97. The number of carbonyl (C=O) groups excluding carboxylic acids is 1. The van der Waals surface area contributed by atoms with Gasteiger partial charge in [0, 0.05) is 38.8 Å². The molecule has 1 atom stereocenters. The first kappa shape index (κ1) is 14.7. The van der Waals surface area contributed by atoms with Gasteiger partial charge in [0.2, 0.25) is 0 Å². The highest BCUT2D eigenvalue weighted by molar-refractivity contribution is 5.88. The summed E-state index contributed by atoms with van der Waals surface area (Å²) in [6.07, 6.45) is 1.19. The molecule has 1 aromatic carbocycles. The lowest BCUT2D eigenvalue weighted by Gasteiger charge is -2.23. The van der Waals surface area contributed by atoms with E-state index in [9.17, 15) is 4.79 Å². The third-order valence-electron chi connectivity index (χ3n) is 3.46. The summed E-state index contributed by atoms with van der Waals surface area (Å²) in [5.74, 6) is -0.231. The van der Waals surface area contributed by atoms with E-state index in [0.717, 1.165) is 37.2 Å². The molecule has 0 aliphatic carbocycles. The van der Waals surface area contributed by atoms with Gasteiger partial charge >= 0.3 is 0 Å². The minimum Gasteiger partial charge on any atom is -0.367 e. The third-order valence-corrected chi connectivity index (χ3v) is 3.46. The Hall–Kier alpha value is -1.72. The standard InChI is InChI=1S/C15H21N3O2/c1-18-10-8-13(9-11-18)16-17-15(19)14(20-2)12-6-4-3-5-7-12/h3-7,14H,8-11H2,1-2H3,(H,17,19)/t14-/m1/s1. The number of ether oxygens (including phenoxy) is 1. The van der Waals surface area contributed by atoms with Gasteiger partial charge in [-0.05, 0) is 12.6 Å². The summed E-state index contributed by atoms with van der Waals surface area (Å²) < 4.78 is 5.27. The molecule has 1 saturated heterocycles. The van der Waals surface area contributed by atoms with Crippen molar-refractivity contribution < 1.29 is 9.53 Å². The van der Waals surface area contributed by atoms with Crippen LogP contribution in [0.3, 0.4) is 0 Å². The fourth-order valence-corrected chi connectivity index (χ4v) is 2.20. The van der Waals surface area contributed by atoms with Crippen LogP contribution in [-0.4, -0.2) is 43.8 Å². The van der Waals surface area contributed by atoms with Crippen LogP contribution < -0.4 is 5.43 Å². The van der Waals surface area contributed by atoms with E-state index in [1.54, 1.807) is 0 Å². The molecule has 0 bridgehead atoms. The lowest BCUT2D eigenvalue weighted by molar-refractivity contribution is -0.131. The molecule has 0 radical (unpaired) electrons. The number of benzene rings is 1. The second kappa shape index (κ2) is 7.17. The van der Waals surface area contributed by atoms with Gasteiger partial charge in [-0.3, -0.25) is 4.79 Å². The second-order valence-corrected chi connectivity index (χ2v) is 4.98. The quantitative estimate of drug-likeness (QED) is 0.849. The zero-order chi connectivity index (χ0) is 14.4. The molecule has 0 unspecified atom stereocenters. The van der Waals surface area contributed by atoms with Crippen LogP contribution >= 0.6 is 0 Å². The van der Waals surface area contributed by atoms with Gasteiger partial charge in [0.1, 0.15) is 0 Å². The van der Waals surface area contributed by atoms with Crippen molar-refractivity contribution in [1.82, 2.24) is 10.3 Å². The lowest BCUT2D eigenvalue weighted by atomic mass is 10.1. The average Bonchev–Trinajstić information content (AvgIpc) is 2.48. The third kappa shape index (κ3) is 3.88. The van der Waals surface area contributed by atoms with E-state index in [1.165, 1.54) is 7.11 Å². The van der Waals surface area contributed by atoms with Crippen molar-refractivity contribution in [3.8, 4) is 0 Å². The number of carbonyl (C=O) groups is 1. The predicted molar refractivity (Wildman–Crippen MR) is 78.5 cm³/mol. The number of hydrazone groups is 1. The van der Waals surface area contributed by atoms with Crippen molar-refractivity contribution in [2.45, 2.75) is 18.9 Å². The Kier molecular flexibility index (Phi) is 5.26. The van der Waals surface area contributed by atoms with Gasteiger partial charge < -0.3 is 9.64 Å². The summed E-state index contributed by atoms with van der Waals surface area (Å²) in [6, 6.07) is 9.43. The Morgan fingerprint density at radius 1 is 1.30 bits per heavy atom. The van der Waals surface area contributed by atoms with Crippen molar-refractivity contribution in [3.63, 3.8) is 0 Å². The maximum atomic E-state index is 12.1. The SMILES string of the molecule is CO[C@@H](C(=O)NN=C1CCN(C)CC1)c1ccccc1. The number of nitrogens with zero attached hydrogens (tertiary/aromatic N) is 2. The summed E-state index contributed by atoms with van der Waals surface area (Å²) in [5.41, 5.74) is 4.49. The van der Waals surface area contributed by atoms with Crippen LogP contribution in [0.4, 0.5) is 0 Å². The van der Waals surface area contributed by atoms with Gasteiger partial charge in [0.15, 0.2) is 6.10 Å². The van der Waals surface area contributed by atoms with E-state index in [2.05, 4.69) is 22.5 Å². The maximum Gasteiger partial charge on any atom is 0.273 e. The maximum absolute atomic E-state index is 12.1. The van der Waals surface area contributed by atoms with E-state index in [4.69, 9.17) is 4.74 Å². The van der Waals surface area contributed by atoms with Gasteiger partial charge in [-0.2, -0.15) is 5.10 Å². The number of hydrogen-bond acceptors (Lipinski definition) is 4. The summed E-state index contributed by atoms with van der Waals surface area (Å²) in [4.78, 5) is 14.4. The second-order valence-electron chi connectivity index (χ2n) is 4.98. The normalized spacial score (nSPS) is 17.6. The molecule has 1 aromatic rings. The fraction of sp³-hybridized carbons (Fsp3) is 0.467. The molecule has 1 aliphatic heterocycles. The van der Waals surface area contributed by atoms with Crippen molar-refractivity contribution in [1.29, 1.82) is 0 Å². The first-order valence-corrected chi connectivity index (χ1v) is 6.82. The molecule has 1 amide bonds. The van der Waals surface area contributed by atoms with Gasteiger partial charge in [0.25, 0.3) is 5.91 Å². The van der Waals surface area contributed by atoms with Gasteiger partial charge in [-0.1, -0.05) is 30.3 Å². The Morgan fingerprint density at radius 2 is 1.95 bits per heavy atom. The molecule has 1 heterocycles. The van der Waals surface area contributed by atoms with Crippen LogP contribution in [0.15, 0.2) is 35.4 Å². The molecule has 5 heteroatoms. The van der Waals surface area contributed by atoms with Gasteiger partial charge in [0.05, 0.1) is 0 Å². The van der Waals surface area contributed by atoms with Crippen LogP contribution in [0.5, 0.6) is 0 Å². The van der Waals surface area contributed by atoms with E-state index >= 15 is 0 Å². The number of rotatable bonds is 4. The van der Waals surface area contributed by atoms with Gasteiger partial charge in [-0.15, -0.1) is 0 Å². The summed E-state index contributed by atoms with van der Waals surface area (Å²) in [5, 5.41) is 4.22. The number of piperidine rings is 1. The predicted octanol–water partition coefficient (Wildman–Crippen LogP) is 1.57. The molecule has 1 fully saturated rings. The minimum absolute atomic E-state index is 0.231. The molecule has 20 heavy (non-hydrogen) atoms. The van der Waals surface area contributed by atoms with E-state index in [1.807, 2.05) is 30.3 Å². The first-order chi connectivity index (χ1) is 9.70. The number of likely N-dealkylation sites (tertiary alicyclic amines) is 1. The molecule has 108 valence electrons. The zero-order valence-corrected chi connectivity index (χ0v) is 12.0. The monoisotopic (exact) mass is 275 g/mol. The Morgan fingerprint density at radius 3 is 2.55 bits per heavy atom. The zero-order valence-electron chi connectivity index (χ0n) is 12.0. The van der Waals surface area contributed by atoms with Crippen molar-refractivity contribution in [2.24, 2.45) is 5.10 Å². The van der Waals surface area contributed by atoms with Crippen LogP contribution in [0.1, 0.15) is 24.5 Å². The number of amides is 1. The van der Waals surface area contributed by atoms with Crippen molar-refractivity contribution in [2.75, 3.05) is 27.2 Å². The van der Waals surface area contributed by atoms with Crippen molar-refractivity contribution >= 4 is 11.6 Å². The Labute approximate surface area is 119 Å². The van der Waals surface area contributed by atoms with Crippen LogP contribution in [0.25, 0.3) is 0 Å². The van der Waals surface area contributed by atoms with Crippen LogP contribution in [0, 0.1) is 0 Å². The molecule has 0 aromatic heterocycles. The molecule has 2 rings (SSSR count). The molecular weight excluding hydrogens is 254 g/mol. The number of hydrogen-bond donors (Lipinski definition) is 1. The molecule has 1 aliphatic rings. The molecular formula is C15H21N3O2.